The highest BCUT2D eigenvalue weighted by Crippen LogP contribution is 2.52. The van der Waals surface area contributed by atoms with E-state index in [-0.39, 0.29) is 46.0 Å². The van der Waals surface area contributed by atoms with E-state index < -0.39 is 22.9 Å². The predicted molar refractivity (Wildman–Crippen MR) is 386 cm³/mol. The summed E-state index contributed by atoms with van der Waals surface area (Å²) in [4.78, 5) is 45.7. The Morgan fingerprint density at radius 2 is 1.16 bits per heavy atom. The van der Waals surface area contributed by atoms with Gasteiger partial charge in [-0.05, 0) is 128 Å². The average Bonchev–Trinajstić information content (AvgIpc) is 1.69. The van der Waals surface area contributed by atoms with Crippen LogP contribution in [0, 0.1) is 18.3 Å². The zero-order valence-electron chi connectivity index (χ0n) is 58.3. The van der Waals surface area contributed by atoms with Gasteiger partial charge in [-0.15, -0.1) is 0 Å². The largest absolute Gasteiger partial charge is 0.491 e. The number of aromatic nitrogens is 5. The van der Waals surface area contributed by atoms with Crippen molar-refractivity contribution in [3.8, 4) is 68.8 Å². The molecule has 11 heterocycles. The molecule has 22 heteroatoms. The first-order chi connectivity index (χ1) is 50.2. The maximum Gasteiger partial charge on any atom is 0.257 e. The smallest absolute Gasteiger partial charge is 0.257 e. The lowest BCUT2D eigenvalue weighted by molar-refractivity contribution is -0.00945. The van der Waals surface area contributed by atoms with Gasteiger partial charge in [-0.2, -0.15) is 15.5 Å². The molecule has 8 aliphatic heterocycles. The van der Waals surface area contributed by atoms with E-state index in [1.807, 2.05) is 177 Å². The summed E-state index contributed by atoms with van der Waals surface area (Å²) >= 11 is 0. The van der Waals surface area contributed by atoms with Crippen molar-refractivity contribution >= 4 is 17.7 Å². The average molecular weight is 1400 g/mol. The third kappa shape index (κ3) is 13.5. The van der Waals surface area contributed by atoms with E-state index in [1.54, 1.807) is 24.3 Å². The molecular formula is C81H89N9O13. The third-order valence-corrected chi connectivity index (χ3v) is 21.4. The third-order valence-electron chi connectivity index (χ3n) is 21.4. The Balaban J connectivity index is 0.000000138. The Morgan fingerprint density at radius 3 is 1.75 bits per heavy atom. The van der Waals surface area contributed by atoms with Crippen LogP contribution in [-0.4, -0.2) is 164 Å². The van der Waals surface area contributed by atoms with E-state index in [0.717, 1.165) is 132 Å². The predicted octanol–water partition coefficient (Wildman–Crippen LogP) is 11.7. The molecule has 536 valence electrons. The maximum absolute atomic E-state index is 13.5. The highest BCUT2D eigenvalue weighted by Gasteiger charge is 2.49. The summed E-state index contributed by atoms with van der Waals surface area (Å²) in [6.07, 6.45) is 11.1. The number of likely N-dealkylation sites (tertiary alicyclic amines) is 3. The number of benzene rings is 6. The van der Waals surface area contributed by atoms with Crippen LogP contribution in [0.15, 0.2) is 164 Å². The summed E-state index contributed by atoms with van der Waals surface area (Å²) in [6, 6.07) is 50.1. The Kier molecular flexibility index (Phi) is 19.3. The van der Waals surface area contributed by atoms with Crippen LogP contribution in [0.2, 0.25) is 0 Å². The van der Waals surface area contributed by atoms with Crippen LogP contribution in [0.4, 0.5) is 0 Å². The highest BCUT2D eigenvalue weighted by atomic mass is 16.5. The number of rotatable bonds is 12. The number of aryl methyl sites for hydroxylation is 3. The summed E-state index contributed by atoms with van der Waals surface area (Å²) in [5.74, 6) is 4.50. The fourth-order valence-electron chi connectivity index (χ4n) is 15.8. The molecule has 6 aromatic carbocycles. The quantitative estimate of drug-likeness (QED) is 0.116. The second-order valence-corrected chi connectivity index (χ2v) is 27.8. The van der Waals surface area contributed by atoms with Crippen molar-refractivity contribution < 1.29 is 65.3 Å². The molecule has 5 fully saturated rings. The molecule has 9 aromatic rings. The number of nitrogens with zero attached hydrogens (tertiary/aromatic N) is 9. The first-order valence-electron chi connectivity index (χ1n) is 35.8. The fraction of sp³-hybridized carbons (Fsp3) is 0.383. The van der Waals surface area contributed by atoms with Gasteiger partial charge in [0, 0.05) is 148 Å². The minimum atomic E-state index is -0.943. The number of carbonyl (C=O) groups excluding carboxylic acids is 3. The molecule has 5 saturated heterocycles. The van der Waals surface area contributed by atoms with Crippen LogP contribution in [0.3, 0.4) is 0 Å². The highest BCUT2D eigenvalue weighted by molar-refractivity contribution is 5.97. The van der Waals surface area contributed by atoms with Crippen molar-refractivity contribution in [3.05, 3.63) is 209 Å². The maximum atomic E-state index is 13.5. The van der Waals surface area contributed by atoms with Gasteiger partial charge in [-0.1, -0.05) is 48.5 Å². The second kappa shape index (κ2) is 29.1. The van der Waals surface area contributed by atoms with Gasteiger partial charge in [0.2, 0.25) is 0 Å². The number of ether oxygens (including phenoxy) is 8. The van der Waals surface area contributed by atoms with Crippen molar-refractivity contribution in [3.63, 3.8) is 0 Å². The summed E-state index contributed by atoms with van der Waals surface area (Å²) in [6.45, 7) is 7.91. The van der Waals surface area contributed by atoms with Crippen molar-refractivity contribution in [1.82, 2.24) is 38.8 Å². The van der Waals surface area contributed by atoms with E-state index in [9.17, 15) is 24.8 Å². The van der Waals surface area contributed by atoms with Gasteiger partial charge in [0.15, 0.2) is 5.60 Å². The van der Waals surface area contributed by atoms with Crippen LogP contribution in [-0.2, 0) is 40.4 Å². The van der Waals surface area contributed by atoms with Gasteiger partial charge in [-0.3, -0.25) is 28.3 Å². The number of aliphatic hydroxyl groups is 2. The number of nitriles is 1. The van der Waals surface area contributed by atoms with Gasteiger partial charge in [0.1, 0.15) is 82.9 Å². The van der Waals surface area contributed by atoms with Gasteiger partial charge >= 0.3 is 0 Å². The number of hydrogen-bond acceptors (Lipinski definition) is 16. The second-order valence-electron chi connectivity index (χ2n) is 27.8. The molecule has 17 rings (SSSR count). The van der Waals surface area contributed by atoms with Crippen molar-refractivity contribution in [2.75, 3.05) is 78.9 Å². The standard InChI is InChI=1S/C28H31N3O4.C27H29N3O4.C26H25N3O5.2H2/c1-19-16-20(9-10-24(19)34-18-21-6-5-15-33-21)27(32)31-13-11-28(12-14-31)23-17-29-30(2)26(23)22-7-3-4-8-25(22)35-28;1-29-25-20-6-2-5-9-24(20)34-27(22(25)18-28-29)12-14-30(15-13-27)26(31)21-7-3-4-8-23(21)33-19-10-16-32-17-11-19;27-15-19-7-10-24-26(34-23-4-2-1-3-22(23)29(19)24)11-13-28(14-12-26)25(32)18-5-8-21(9-6-18)33-17-20(31)16-30;;/h3-4,7-10,16-17,21H,5-6,11-15,18H2,1-2H3;2-9,18-19H,10-17H2,1H3;1-10,20,30-31H,11-14,16-17H2;2*1H/t;;20-;;/m..0../s1. The van der Waals surface area contributed by atoms with E-state index >= 15 is 0 Å². The number of para-hydroxylation sites is 5. The normalized spacial score (nSPS) is 18.8. The molecule has 8 aliphatic rings. The van der Waals surface area contributed by atoms with E-state index in [1.165, 1.54) is 0 Å². The lowest BCUT2D eigenvalue weighted by Crippen LogP contribution is -2.50. The Morgan fingerprint density at radius 1 is 0.612 bits per heavy atom. The summed E-state index contributed by atoms with van der Waals surface area (Å²) < 4.78 is 54.3. The molecule has 0 bridgehead atoms. The van der Waals surface area contributed by atoms with Gasteiger partial charge in [-0.25, -0.2) is 0 Å². The van der Waals surface area contributed by atoms with Gasteiger partial charge < -0.3 is 62.8 Å². The Labute approximate surface area is 601 Å². The molecule has 2 atom stereocenters. The number of aliphatic hydroxyl groups excluding tert-OH is 2. The molecule has 0 radical (unpaired) electrons. The summed E-state index contributed by atoms with van der Waals surface area (Å²) in [7, 11) is 3.95. The SMILES string of the molecule is Cc1cc(C(=O)N2CCC3(CC2)Oc2ccccc2-c2c3cnn2C)ccc1OCC1CCCO1.Cn1ncc2c1-c1ccccc1OC21CCN(C(=O)c2ccccc2OC2CCOCC2)CC1.N#Cc1ccc2n1-c1ccccc1OC21CCN(C(=O)c2ccc(OC[C@@H](O)CO)cc2)CC1.[HH].[HH]. The molecule has 103 heavy (non-hydrogen) atoms. The van der Waals surface area contributed by atoms with Crippen molar-refractivity contribution in [2.45, 2.75) is 106 Å². The monoisotopic (exact) mass is 1400 g/mol. The molecule has 2 N–H and O–H groups in total. The molecule has 1 unspecified atom stereocenters. The van der Waals surface area contributed by atoms with E-state index in [4.69, 9.17) is 43.0 Å². The lowest BCUT2D eigenvalue weighted by Gasteiger charge is -2.45. The van der Waals surface area contributed by atoms with Crippen LogP contribution in [0.1, 0.15) is 126 Å². The first kappa shape index (κ1) is 68.3. The van der Waals surface area contributed by atoms with Crippen LogP contribution < -0.4 is 28.4 Å². The minimum Gasteiger partial charge on any atom is -0.491 e. The summed E-state index contributed by atoms with van der Waals surface area (Å²) in [5.41, 5.74) is 10.3. The molecule has 3 aromatic heterocycles. The van der Waals surface area contributed by atoms with Crippen LogP contribution in [0.25, 0.3) is 28.2 Å². The topological polar surface area (TPSA) is 240 Å². The Hall–Kier alpha value is -10.4. The number of fused-ring (bicyclic) bond motifs is 12. The van der Waals surface area contributed by atoms with Gasteiger partial charge in [0.05, 0.1) is 66.7 Å². The molecule has 3 amide bonds. The number of hydrogen-bond donors (Lipinski definition) is 2. The van der Waals surface area contributed by atoms with E-state index in [2.05, 4.69) is 28.4 Å². The molecule has 3 spiro atoms. The molecule has 0 saturated carbocycles. The number of amides is 3. The zero-order chi connectivity index (χ0) is 70.8. The van der Waals surface area contributed by atoms with Crippen LogP contribution >= 0.6 is 0 Å². The molecule has 22 nitrogen and oxygen atoms in total. The van der Waals surface area contributed by atoms with Crippen molar-refractivity contribution in [1.29, 1.82) is 5.26 Å². The van der Waals surface area contributed by atoms with Crippen molar-refractivity contribution in [2.24, 2.45) is 14.1 Å². The minimum absolute atomic E-state index is 0. The fourth-order valence-corrected chi connectivity index (χ4v) is 15.8. The molecule has 0 aliphatic carbocycles. The summed E-state index contributed by atoms with van der Waals surface area (Å²) in [5, 5.41) is 37.0. The van der Waals surface area contributed by atoms with E-state index in [0.29, 0.717) is 106 Å². The zero-order valence-corrected chi connectivity index (χ0v) is 58.3. The Bertz CT molecular complexity index is 4630. The van der Waals surface area contributed by atoms with Gasteiger partial charge in [0.25, 0.3) is 17.7 Å². The number of piperidine rings is 3. The first-order valence-corrected chi connectivity index (χ1v) is 35.8. The lowest BCUT2D eigenvalue weighted by atomic mass is 9.81. The number of carbonyl (C=O) groups is 3. The van der Waals surface area contributed by atoms with Crippen LogP contribution in [0.5, 0.6) is 34.5 Å². The molecular weight excluding hydrogens is 1310 g/mol.